The van der Waals surface area contributed by atoms with Crippen LogP contribution in [0.25, 0.3) is 0 Å². The topological polar surface area (TPSA) is 48.4 Å². The van der Waals surface area contributed by atoms with Gasteiger partial charge in [-0.3, -0.25) is 4.79 Å². The van der Waals surface area contributed by atoms with E-state index in [9.17, 15) is 4.79 Å². The van der Waals surface area contributed by atoms with Gasteiger partial charge in [-0.25, -0.2) is 4.98 Å². The molecule has 0 saturated carbocycles. The fraction of sp³-hybridized carbons (Fsp3) is 0.538. The van der Waals surface area contributed by atoms with E-state index < -0.39 is 0 Å². The average Bonchev–Trinajstić information content (AvgIpc) is 2.35. The number of hydrogen-bond donors (Lipinski definition) is 0. The van der Waals surface area contributed by atoms with Crippen LogP contribution in [0.2, 0.25) is 0 Å². The van der Waals surface area contributed by atoms with E-state index in [0.29, 0.717) is 30.9 Å². The summed E-state index contributed by atoms with van der Waals surface area (Å²) in [6, 6.07) is 3.58. The highest BCUT2D eigenvalue weighted by Gasteiger charge is 2.04. The van der Waals surface area contributed by atoms with Crippen LogP contribution in [0.1, 0.15) is 35.9 Å². The van der Waals surface area contributed by atoms with Crippen molar-refractivity contribution in [2.75, 3.05) is 19.8 Å². The van der Waals surface area contributed by atoms with Gasteiger partial charge in [-0.2, -0.15) is 0 Å². The Balaban J connectivity index is 2.33. The molecule has 0 N–H and O–H groups in total. The lowest BCUT2D eigenvalue weighted by molar-refractivity contribution is 0.0966. The van der Waals surface area contributed by atoms with Gasteiger partial charge in [0.1, 0.15) is 18.1 Å². The first-order valence-electron chi connectivity index (χ1n) is 5.91. The van der Waals surface area contributed by atoms with Gasteiger partial charge >= 0.3 is 0 Å². The van der Waals surface area contributed by atoms with Crippen molar-refractivity contribution in [3.05, 3.63) is 23.5 Å². The van der Waals surface area contributed by atoms with Crippen LogP contribution in [0.3, 0.4) is 0 Å². The number of rotatable bonds is 8. The van der Waals surface area contributed by atoms with Crippen LogP contribution < -0.4 is 4.74 Å². The number of carbonyl (C=O) groups excluding carboxylic acids is 1. The molecule has 0 spiro atoms. The molecule has 1 aromatic heterocycles. The van der Waals surface area contributed by atoms with Crippen molar-refractivity contribution in [3.63, 3.8) is 0 Å². The number of ether oxygens (including phenoxy) is 2. The summed E-state index contributed by atoms with van der Waals surface area (Å²) < 4.78 is 10.8. The van der Waals surface area contributed by atoms with E-state index in [-0.39, 0.29) is 0 Å². The Hall–Kier alpha value is -1.42. The molecule has 0 aliphatic rings. The lowest BCUT2D eigenvalue weighted by Gasteiger charge is -2.08. The summed E-state index contributed by atoms with van der Waals surface area (Å²) in [6.07, 6.45) is 2.89. The molecule has 0 fully saturated rings. The molecule has 4 heteroatoms. The van der Waals surface area contributed by atoms with E-state index in [1.807, 2.05) is 13.0 Å². The van der Waals surface area contributed by atoms with E-state index in [0.717, 1.165) is 25.1 Å². The third kappa shape index (κ3) is 4.95. The molecule has 94 valence electrons. The largest absolute Gasteiger partial charge is 0.489 e. The highest BCUT2D eigenvalue weighted by molar-refractivity contribution is 5.76. The molecule has 4 nitrogen and oxygen atoms in total. The van der Waals surface area contributed by atoms with Gasteiger partial charge in [-0.1, -0.05) is 13.3 Å². The first-order chi connectivity index (χ1) is 8.27. The number of carbonyl (C=O) groups is 1. The number of aryl methyl sites for hydroxylation is 1. The zero-order valence-corrected chi connectivity index (χ0v) is 10.4. The van der Waals surface area contributed by atoms with Gasteiger partial charge in [0.05, 0.1) is 6.61 Å². The van der Waals surface area contributed by atoms with Crippen LogP contribution in [-0.4, -0.2) is 31.1 Å². The Kier molecular flexibility index (Phi) is 6.25. The van der Waals surface area contributed by atoms with Crippen molar-refractivity contribution >= 4 is 6.29 Å². The zero-order chi connectivity index (χ0) is 12.5. The fourth-order valence-corrected chi connectivity index (χ4v) is 1.33. The minimum Gasteiger partial charge on any atom is -0.489 e. The van der Waals surface area contributed by atoms with Gasteiger partial charge in [0.2, 0.25) is 0 Å². The van der Waals surface area contributed by atoms with Crippen LogP contribution in [0, 0.1) is 6.92 Å². The Bertz CT molecular complexity index is 353. The number of unbranched alkanes of at least 4 members (excludes halogenated alkanes) is 1. The lowest BCUT2D eigenvalue weighted by Crippen LogP contribution is -2.09. The summed E-state index contributed by atoms with van der Waals surface area (Å²) in [4.78, 5) is 14.9. The average molecular weight is 237 g/mol. The van der Waals surface area contributed by atoms with E-state index in [1.54, 1.807) is 6.07 Å². The minimum absolute atomic E-state index is 0.346. The summed E-state index contributed by atoms with van der Waals surface area (Å²) >= 11 is 0. The summed E-state index contributed by atoms with van der Waals surface area (Å²) in [5, 5.41) is 0. The Morgan fingerprint density at radius 2 is 2.12 bits per heavy atom. The Labute approximate surface area is 102 Å². The minimum atomic E-state index is 0.346. The SMILES string of the molecule is CCCCOCCOc1ccc(C)nc1C=O. The number of nitrogens with zero attached hydrogens (tertiary/aromatic N) is 1. The molecule has 1 rings (SSSR count). The maximum Gasteiger partial charge on any atom is 0.172 e. The normalized spacial score (nSPS) is 10.2. The molecule has 0 bridgehead atoms. The molecule has 0 aliphatic heterocycles. The van der Waals surface area contributed by atoms with Gasteiger partial charge in [-0.15, -0.1) is 0 Å². The van der Waals surface area contributed by atoms with Crippen LogP contribution in [0.15, 0.2) is 12.1 Å². The second-order valence-electron chi connectivity index (χ2n) is 3.77. The van der Waals surface area contributed by atoms with Crippen LogP contribution in [0.5, 0.6) is 5.75 Å². The fourth-order valence-electron chi connectivity index (χ4n) is 1.33. The van der Waals surface area contributed by atoms with E-state index in [1.165, 1.54) is 0 Å². The molecule has 0 atom stereocenters. The monoisotopic (exact) mass is 237 g/mol. The summed E-state index contributed by atoms with van der Waals surface area (Å²) in [6.45, 7) is 5.69. The summed E-state index contributed by atoms with van der Waals surface area (Å²) in [5.74, 6) is 0.518. The molecule has 0 radical (unpaired) electrons. The maximum absolute atomic E-state index is 10.8. The predicted molar refractivity (Wildman–Crippen MR) is 65.6 cm³/mol. The second kappa shape index (κ2) is 7.79. The van der Waals surface area contributed by atoms with Crippen LogP contribution in [-0.2, 0) is 4.74 Å². The van der Waals surface area contributed by atoms with Crippen molar-refractivity contribution in [2.45, 2.75) is 26.7 Å². The summed E-state index contributed by atoms with van der Waals surface area (Å²) in [5.41, 5.74) is 1.15. The third-order valence-corrected chi connectivity index (χ3v) is 2.26. The first-order valence-corrected chi connectivity index (χ1v) is 5.91. The van der Waals surface area contributed by atoms with Gasteiger partial charge < -0.3 is 9.47 Å². The molecule has 0 unspecified atom stereocenters. The summed E-state index contributed by atoms with van der Waals surface area (Å²) in [7, 11) is 0. The van der Waals surface area contributed by atoms with E-state index >= 15 is 0 Å². The smallest absolute Gasteiger partial charge is 0.172 e. The van der Waals surface area contributed by atoms with Gasteiger partial charge in [-0.05, 0) is 25.5 Å². The predicted octanol–water partition coefficient (Wildman–Crippen LogP) is 2.40. The van der Waals surface area contributed by atoms with Crippen molar-refractivity contribution < 1.29 is 14.3 Å². The molecule has 0 aliphatic carbocycles. The van der Waals surface area contributed by atoms with Gasteiger partial charge in [0.25, 0.3) is 0 Å². The lowest BCUT2D eigenvalue weighted by atomic mass is 10.3. The molecule has 1 aromatic rings. The maximum atomic E-state index is 10.8. The molecule has 0 amide bonds. The quantitative estimate of drug-likeness (QED) is 0.514. The second-order valence-corrected chi connectivity index (χ2v) is 3.77. The first kappa shape index (κ1) is 13.6. The number of hydrogen-bond acceptors (Lipinski definition) is 4. The molecular weight excluding hydrogens is 218 g/mol. The zero-order valence-electron chi connectivity index (χ0n) is 10.4. The van der Waals surface area contributed by atoms with Crippen LogP contribution in [0.4, 0.5) is 0 Å². The van der Waals surface area contributed by atoms with Crippen LogP contribution >= 0.6 is 0 Å². The van der Waals surface area contributed by atoms with Crippen molar-refractivity contribution in [2.24, 2.45) is 0 Å². The van der Waals surface area contributed by atoms with E-state index in [2.05, 4.69) is 11.9 Å². The molecule has 0 aromatic carbocycles. The van der Waals surface area contributed by atoms with Gasteiger partial charge in [0.15, 0.2) is 6.29 Å². The Morgan fingerprint density at radius 1 is 1.29 bits per heavy atom. The molecule has 1 heterocycles. The number of pyridine rings is 1. The standard InChI is InChI=1S/C13H19NO3/c1-3-4-7-16-8-9-17-13-6-5-11(2)14-12(13)10-15/h5-6,10H,3-4,7-9H2,1-2H3. The van der Waals surface area contributed by atoms with Crippen molar-refractivity contribution in [1.82, 2.24) is 4.98 Å². The third-order valence-electron chi connectivity index (χ3n) is 2.26. The highest BCUT2D eigenvalue weighted by atomic mass is 16.5. The molecular formula is C13H19NO3. The van der Waals surface area contributed by atoms with Crippen molar-refractivity contribution in [3.8, 4) is 5.75 Å². The Morgan fingerprint density at radius 3 is 2.82 bits per heavy atom. The van der Waals surface area contributed by atoms with Gasteiger partial charge in [0, 0.05) is 12.3 Å². The number of aromatic nitrogens is 1. The van der Waals surface area contributed by atoms with Crippen molar-refractivity contribution in [1.29, 1.82) is 0 Å². The highest BCUT2D eigenvalue weighted by Crippen LogP contribution is 2.14. The molecule has 17 heavy (non-hydrogen) atoms. The van der Waals surface area contributed by atoms with E-state index in [4.69, 9.17) is 9.47 Å². The number of aldehydes is 1. The molecule has 0 saturated heterocycles.